The highest BCUT2D eigenvalue weighted by molar-refractivity contribution is 5.81. The lowest BCUT2D eigenvalue weighted by Crippen LogP contribution is -2.69. The van der Waals surface area contributed by atoms with E-state index in [-0.39, 0.29) is 28.0 Å². The Hall–Kier alpha value is -0.950. The number of rotatable bonds is 14. The van der Waals surface area contributed by atoms with Crippen LogP contribution in [-0.2, 0) is 28.5 Å². The molecule has 6 rings (SSSR count). The minimum atomic E-state index is -0.510. The van der Waals surface area contributed by atoms with E-state index in [0.717, 1.165) is 91.0 Å². The van der Waals surface area contributed by atoms with Gasteiger partial charge in [-0.05, 0) is 38.0 Å². The minimum Gasteiger partial charge on any atom is -0.456 e. The van der Waals surface area contributed by atoms with Gasteiger partial charge in [-0.25, -0.2) is 4.79 Å². The van der Waals surface area contributed by atoms with Crippen LogP contribution in [0.2, 0.25) is 0 Å². The third kappa shape index (κ3) is 5.10. The molecule has 198 valence electrons. The molecule has 6 aliphatic rings. The number of esters is 1. The lowest BCUT2D eigenvalue weighted by molar-refractivity contribution is -0.304. The van der Waals surface area contributed by atoms with Gasteiger partial charge in [-0.15, -0.1) is 0 Å². The Morgan fingerprint density at radius 3 is 1.69 bits per heavy atom. The second-order valence-electron chi connectivity index (χ2n) is 13.0. The summed E-state index contributed by atoms with van der Waals surface area (Å²) < 4.78 is 31.3. The molecule has 0 radical (unpaired) electrons. The Balaban J connectivity index is 1.34. The summed E-state index contributed by atoms with van der Waals surface area (Å²) >= 11 is 0. The van der Waals surface area contributed by atoms with E-state index < -0.39 is 5.60 Å². The molecule has 0 amide bonds. The zero-order chi connectivity index (χ0) is 24.6. The van der Waals surface area contributed by atoms with E-state index in [1.54, 1.807) is 0 Å². The standard InChI is InChI=1S/C29H46O6/c1-4-7-9-25(17-31-18-25)21-33-27-11-23-12-28(14-27,16-29(13-23,15-27)35-24(30)6-3)34-22-26(10-8-5-2)19-32-20-26/h6,23H,3-5,7-22H2,1-2H3. The first-order valence-electron chi connectivity index (χ1n) is 14.1. The molecule has 6 nitrogen and oxygen atoms in total. The Labute approximate surface area is 211 Å². The van der Waals surface area contributed by atoms with Crippen LogP contribution in [0.5, 0.6) is 0 Å². The number of unbranched alkanes of at least 4 members (excludes halogenated alkanes) is 2. The summed E-state index contributed by atoms with van der Waals surface area (Å²) in [6.07, 6.45) is 13.9. The van der Waals surface area contributed by atoms with Gasteiger partial charge in [0.25, 0.3) is 0 Å². The van der Waals surface area contributed by atoms with Gasteiger partial charge in [-0.3, -0.25) is 0 Å². The summed E-state index contributed by atoms with van der Waals surface area (Å²) in [6.45, 7) is 12.8. The summed E-state index contributed by atoms with van der Waals surface area (Å²) in [5.74, 6) is 0.133. The fourth-order valence-corrected chi connectivity index (χ4v) is 7.96. The van der Waals surface area contributed by atoms with Gasteiger partial charge in [0.1, 0.15) is 5.60 Å². The van der Waals surface area contributed by atoms with Gasteiger partial charge in [-0.2, -0.15) is 0 Å². The number of carbonyl (C=O) groups is 1. The van der Waals surface area contributed by atoms with Crippen molar-refractivity contribution in [3.63, 3.8) is 0 Å². The number of carbonyl (C=O) groups excluding carboxylic acids is 1. The predicted molar refractivity (Wildman–Crippen MR) is 133 cm³/mol. The molecule has 6 fully saturated rings. The average Bonchev–Trinajstić information content (AvgIpc) is 2.76. The van der Waals surface area contributed by atoms with Crippen molar-refractivity contribution in [2.24, 2.45) is 16.7 Å². The van der Waals surface area contributed by atoms with Crippen molar-refractivity contribution in [1.82, 2.24) is 0 Å². The van der Waals surface area contributed by atoms with Crippen LogP contribution in [0.4, 0.5) is 0 Å². The molecule has 2 aliphatic heterocycles. The maximum absolute atomic E-state index is 12.4. The van der Waals surface area contributed by atoms with Crippen molar-refractivity contribution < 1.29 is 28.5 Å². The third-order valence-corrected chi connectivity index (χ3v) is 9.52. The van der Waals surface area contributed by atoms with E-state index in [0.29, 0.717) is 5.92 Å². The highest BCUT2D eigenvalue weighted by Crippen LogP contribution is 2.63. The van der Waals surface area contributed by atoms with Crippen molar-refractivity contribution in [2.75, 3.05) is 39.6 Å². The average molecular weight is 491 g/mol. The summed E-state index contributed by atoms with van der Waals surface area (Å²) in [5.41, 5.74) is -0.799. The maximum atomic E-state index is 12.4. The largest absolute Gasteiger partial charge is 0.456 e. The van der Waals surface area contributed by atoms with Gasteiger partial charge in [0.15, 0.2) is 0 Å². The lowest BCUT2D eigenvalue weighted by Gasteiger charge is -2.65. The molecule has 0 N–H and O–H groups in total. The van der Waals surface area contributed by atoms with E-state index in [1.807, 2.05) is 0 Å². The van der Waals surface area contributed by atoms with Gasteiger partial charge in [0.2, 0.25) is 0 Å². The summed E-state index contributed by atoms with van der Waals surface area (Å²) in [6, 6.07) is 0. The van der Waals surface area contributed by atoms with Crippen LogP contribution in [-0.4, -0.2) is 62.4 Å². The van der Waals surface area contributed by atoms with Gasteiger partial charge in [0.05, 0.1) is 50.8 Å². The highest BCUT2D eigenvalue weighted by Gasteiger charge is 2.67. The summed E-state index contributed by atoms with van der Waals surface area (Å²) in [5, 5.41) is 0. The van der Waals surface area contributed by atoms with E-state index in [1.165, 1.54) is 31.8 Å². The van der Waals surface area contributed by atoms with Crippen molar-refractivity contribution in [1.29, 1.82) is 0 Å². The fraction of sp³-hybridized carbons (Fsp3) is 0.897. The predicted octanol–water partition coefficient (Wildman–Crippen LogP) is 5.38. The van der Waals surface area contributed by atoms with Gasteiger partial charge >= 0.3 is 5.97 Å². The molecular weight excluding hydrogens is 444 g/mol. The molecule has 6 heteroatoms. The molecule has 2 saturated heterocycles. The lowest BCUT2D eigenvalue weighted by atomic mass is 9.50. The molecule has 4 aliphatic carbocycles. The zero-order valence-electron chi connectivity index (χ0n) is 22.0. The Morgan fingerprint density at radius 1 is 0.829 bits per heavy atom. The highest BCUT2D eigenvalue weighted by atomic mass is 16.6. The normalized spacial score (nSPS) is 37.9. The quantitative estimate of drug-likeness (QED) is 0.241. The Kier molecular flexibility index (Phi) is 7.15. The molecule has 2 heterocycles. The molecule has 35 heavy (non-hydrogen) atoms. The zero-order valence-corrected chi connectivity index (χ0v) is 22.0. The molecular formula is C29H46O6. The topological polar surface area (TPSA) is 63.2 Å². The first-order chi connectivity index (χ1) is 16.8. The van der Waals surface area contributed by atoms with Crippen LogP contribution in [0.1, 0.15) is 90.9 Å². The molecule has 0 aromatic carbocycles. The first-order valence-corrected chi connectivity index (χ1v) is 14.1. The number of ether oxygens (including phenoxy) is 5. The van der Waals surface area contributed by atoms with Gasteiger partial charge in [-0.1, -0.05) is 46.1 Å². The van der Waals surface area contributed by atoms with Crippen molar-refractivity contribution in [3.8, 4) is 0 Å². The molecule has 2 unspecified atom stereocenters. The van der Waals surface area contributed by atoms with Crippen LogP contribution in [0.15, 0.2) is 12.7 Å². The second kappa shape index (κ2) is 9.74. The van der Waals surface area contributed by atoms with Gasteiger partial charge in [0, 0.05) is 36.2 Å². The number of hydrogen-bond donors (Lipinski definition) is 0. The van der Waals surface area contributed by atoms with Crippen LogP contribution in [0.25, 0.3) is 0 Å². The van der Waals surface area contributed by atoms with Crippen LogP contribution < -0.4 is 0 Å². The van der Waals surface area contributed by atoms with Crippen molar-refractivity contribution in [3.05, 3.63) is 12.7 Å². The third-order valence-electron chi connectivity index (χ3n) is 9.52. The molecule has 0 aromatic heterocycles. The monoisotopic (exact) mass is 490 g/mol. The smallest absolute Gasteiger partial charge is 0.330 e. The first kappa shape index (κ1) is 25.7. The fourth-order valence-electron chi connectivity index (χ4n) is 7.96. The van der Waals surface area contributed by atoms with E-state index in [4.69, 9.17) is 23.7 Å². The van der Waals surface area contributed by atoms with Crippen molar-refractivity contribution >= 4 is 5.97 Å². The van der Waals surface area contributed by atoms with E-state index in [2.05, 4.69) is 20.4 Å². The molecule has 0 spiro atoms. The van der Waals surface area contributed by atoms with Crippen LogP contribution in [0.3, 0.4) is 0 Å². The van der Waals surface area contributed by atoms with E-state index in [9.17, 15) is 4.79 Å². The van der Waals surface area contributed by atoms with E-state index >= 15 is 0 Å². The van der Waals surface area contributed by atoms with Gasteiger partial charge < -0.3 is 23.7 Å². The summed E-state index contributed by atoms with van der Waals surface area (Å²) in [4.78, 5) is 12.4. The molecule has 0 aromatic rings. The molecule has 2 atom stereocenters. The molecule has 4 saturated carbocycles. The Bertz CT molecular complexity index is 738. The Morgan fingerprint density at radius 2 is 1.29 bits per heavy atom. The van der Waals surface area contributed by atoms with Crippen molar-refractivity contribution in [2.45, 2.75) is 108 Å². The molecule has 4 bridgehead atoms. The van der Waals surface area contributed by atoms with Crippen LogP contribution in [0, 0.1) is 16.7 Å². The minimum absolute atomic E-state index is 0.145. The number of hydrogen-bond acceptors (Lipinski definition) is 6. The second-order valence-corrected chi connectivity index (χ2v) is 13.0. The van der Waals surface area contributed by atoms with Crippen LogP contribution >= 0.6 is 0 Å². The summed E-state index contributed by atoms with van der Waals surface area (Å²) in [7, 11) is 0. The SMILES string of the molecule is C=CC(=O)OC12CC3CC(OCC4(CCCC)COC4)(CC(OCC4(CCCC)COC4)(C3)C1)C2. The maximum Gasteiger partial charge on any atom is 0.330 e.